The number of carbonyl (C=O) groups excluding carboxylic acids is 1. The van der Waals surface area contributed by atoms with Crippen LogP contribution in [0.15, 0.2) is 0 Å². The van der Waals surface area contributed by atoms with Crippen molar-refractivity contribution in [2.45, 2.75) is 32.7 Å². The van der Waals surface area contributed by atoms with Gasteiger partial charge < -0.3 is 4.90 Å². The van der Waals surface area contributed by atoms with Gasteiger partial charge in [0.15, 0.2) is 0 Å². The SMILES string of the molecule is CC(C)(C#N)C(=O)N1CCN(C2CC2)CC1. The van der Waals surface area contributed by atoms with E-state index in [0.717, 1.165) is 32.2 Å². The van der Waals surface area contributed by atoms with E-state index in [0.29, 0.717) is 0 Å². The summed E-state index contributed by atoms with van der Waals surface area (Å²) in [6, 6.07) is 2.86. The maximum absolute atomic E-state index is 12.0. The molecule has 88 valence electrons. The highest BCUT2D eigenvalue weighted by atomic mass is 16.2. The molecular formula is C12H19N3O. The van der Waals surface area contributed by atoms with Crippen molar-refractivity contribution in [3.8, 4) is 6.07 Å². The number of amides is 1. The first kappa shape index (κ1) is 11.4. The van der Waals surface area contributed by atoms with E-state index in [1.807, 2.05) is 4.90 Å². The van der Waals surface area contributed by atoms with E-state index in [1.165, 1.54) is 12.8 Å². The predicted molar refractivity (Wildman–Crippen MR) is 60.6 cm³/mol. The molecule has 0 aromatic heterocycles. The van der Waals surface area contributed by atoms with Gasteiger partial charge in [0.1, 0.15) is 5.41 Å². The number of nitrogens with zero attached hydrogens (tertiary/aromatic N) is 3. The third-order valence-electron chi connectivity index (χ3n) is 3.48. The summed E-state index contributed by atoms with van der Waals surface area (Å²) in [6.45, 7) is 6.89. The molecule has 0 N–H and O–H groups in total. The molecule has 4 nitrogen and oxygen atoms in total. The van der Waals surface area contributed by atoms with Crippen LogP contribution in [0.5, 0.6) is 0 Å². The monoisotopic (exact) mass is 221 g/mol. The fourth-order valence-electron chi connectivity index (χ4n) is 2.17. The second-order valence-electron chi connectivity index (χ2n) is 5.30. The Labute approximate surface area is 96.8 Å². The standard InChI is InChI=1S/C12H19N3O/c1-12(2,9-13)11(16)15-7-5-14(6-8-15)10-3-4-10/h10H,3-8H2,1-2H3. The summed E-state index contributed by atoms with van der Waals surface area (Å²) in [5, 5.41) is 8.94. The molecule has 1 aliphatic heterocycles. The van der Waals surface area contributed by atoms with Gasteiger partial charge in [0, 0.05) is 32.2 Å². The van der Waals surface area contributed by atoms with Gasteiger partial charge in [0.2, 0.25) is 5.91 Å². The van der Waals surface area contributed by atoms with Crippen LogP contribution in [-0.4, -0.2) is 47.9 Å². The van der Waals surface area contributed by atoms with Crippen molar-refractivity contribution >= 4 is 5.91 Å². The van der Waals surface area contributed by atoms with Crippen LogP contribution >= 0.6 is 0 Å². The number of piperazine rings is 1. The lowest BCUT2D eigenvalue weighted by molar-refractivity contribution is -0.139. The van der Waals surface area contributed by atoms with Crippen LogP contribution in [0.4, 0.5) is 0 Å². The molecule has 0 aromatic rings. The molecule has 0 aromatic carbocycles. The second kappa shape index (κ2) is 4.06. The molecule has 2 fully saturated rings. The highest BCUT2D eigenvalue weighted by molar-refractivity contribution is 5.84. The quantitative estimate of drug-likeness (QED) is 0.694. The highest BCUT2D eigenvalue weighted by Gasteiger charge is 2.36. The molecule has 1 saturated heterocycles. The van der Waals surface area contributed by atoms with Crippen LogP contribution < -0.4 is 0 Å². The first-order valence-electron chi connectivity index (χ1n) is 5.99. The van der Waals surface area contributed by atoms with Gasteiger partial charge >= 0.3 is 0 Å². The lowest BCUT2D eigenvalue weighted by Gasteiger charge is -2.37. The van der Waals surface area contributed by atoms with E-state index in [4.69, 9.17) is 5.26 Å². The highest BCUT2D eigenvalue weighted by Crippen LogP contribution is 2.28. The zero-order valence-corrected chi connectivity index (χ0v) is 10.1. The van der Waals surface area contributed by atoms with Crippen LogP contribution in [0.3, 0.4) is 0 Å². The van der Waals surface area contributed by atoms with Crippen LogP contribution in [0.2, 0.25) is 0 Å². The van der Waals surface area contributed by atoms with Crippen LogP contribution in [-0.2, 0) is 4.79 Å². The van der Waals surface area contributed by atoms with Gasteiger partial charge in [-0.2, -0.15) is 5.26 Å². The summed E-state index contributed by atoms with van der Waals surface area (Å²) in [5.41, 5.74) is -0.873. The molecule has 1 amide bonds. The zero-order valence-electron chi connectivity index (χ0n) is 10.1. The van der Waals surface area contributed by atoms with E-state index in [9.17, 15) is 4.79 Å². The zero-order chi connectivity index (χ0) is 11.8. The Balaban J connectivity index is 1.89. The third-order valence-corrected chi connectivity index (χ3v) is 3.48. The summed E-state index contributed by atoms with van der Waals surface area (Å²) in [4.78, 5) is 16.3. The third kappa shape index (κ3) is 2.19. The lowest BCUT2D eigenvalue weighted by Crippen LogP contribution is -2.52. The molecule has 0 radical (unpaired) electrons. The van der Waals surface area contributed by atoms with Crippen molar-refractivity contribution in [3.63, 3.8) is 0 Å². The van der Waals surface area contributed by atoms with Crippen LogP contribution in [0.25, 0.3) is 0 Å². The summed E-state index contributed by atoms with van der Waals surface area (Å²) in [5.74, 6) is -0.0227. The molecular weight excluding hydrogens is 202 g/mol. The minimum Gasteiger partial charge on any atom is -0.339 e. The maximum atomic E-state index is 12.0. The topological polar surface area (TPSA) is 47.3 Å². The van der Waals surface area contributed by atoms with Gasteiger partial charge in [-0.15, -0.1) is 0 Å². The molecule has 16 heavy (non-hydrogen) atoms. The number of carbonyl (C=O) groups is 1. The van der Waals surface area contributed by atoms with Crippen molar-refractivity contribution in [1.29, 1.82) is 5.26 Å². The predicted octanol–water partition coefficient (Wildman–Crippen LogP) is 0.843. The summed E-state index contributed by atoms with van der Waals surface area (Å²) in [6.07, 6.45) is 2.63. The minimum absolute atomic E-state index is 0.0227. The second-order valence-corrected chi connectivity index (χ2v) is 5.30. The van der Waals surface area contributed by atoms with Gasteiger partial charge in [-0.1, -0.05) is 0 Å². The van der Waals surface area contributed by atoms with Crippen LogP contribution in [0, 0.1) is 16.7 Å². The van der Waals surface area contributed by atoms with E-state index in [-0.39, 0.29) is 5.91 Å². The Kier molecular flexibility index (Phi) is 2.90. The van der Waals surface area contributed by atoms with Gasteiger partial charge in [-0.25, -0.2) is 0 Å². The van der Waals surface area contributed by atoms with E-state index >= 15 is 0 Å². The number of hydrogen-bond donors (Lipinski definition) is 0. The lowest BCUT2D eigenvalue weighted by atomic mass is 9.93. The summed E-state index contributed by atoms with van der Waals surface area (Å²) < 4.78 is 0. The van der Waals surface area contributed by atoms with Crippen molar-refractivity contribution in [1.82, 2.24) is 9.80 Å². The number of rotatable bonds is 2. The van der Waals surface area contributed by atoms with Gasteiger partial charge in [0.25, 0.3) is 0 Å². The van der Waals surface area contributed by atoms with Crippen LogP contribution in [0.1, 0.15) is 26.7 Å². The van der Waals surface area contributed by atoms with E-state index in [2.05, 4.69) is 11.0 Å². The Morgan fingerprint density at radius 3 is 2.25 bits per heavy atom. The summed E-state index contributed by atoms with van der Waals surface area (Å²) in [7, 11) is 0. The van der Waals surface area contributed by atoms with Gasteiger partial charge in [0.05, 0.1) is 6.07 Å². The molecule has 1 saturated carbocycles. The number of hydrogen-bond acceptors (Lipinski definition) is 3. The molecule has 1 heterocycles. The summed E-state index contributed by atoms with van der Waals surface area (Å²) >= 11 is 0. The first-order valence-corrected chi connectivity index (χ1v) is 5.99. The molecule has 0 bridgehead atoms. The Bertz CT molecular complexity index is 320. The Morgan fingerprint density at radius 2 is 1.81 bits per heavy atom. The van der Waals surface area contributed by atoms with Crippen molar-refractivity contribution in [2.75, 3.05) is 26.2 Å². The fraction of sp³-hybridized carbons (Fsp3) is 0.833. The van der Waals surface area contributed by atoms with Crippen molar-refractivity contribution in [2.24, 2.45) is 5.41 Å². The van der Waals surface area contributed by atoms with Crippen molar-refractivity contribution in [3.05, 3.63) is 0 Å². The average Bonchev–Trinajstić information content (AvgIpc) is 3.12. The fourth-order valence-corrected chi connectivity index (χ4v) is 2.17. The van der Waals surface area contributed by atoms with Crippen molar-refractivity contribution < 1.29 is 4.79 Å². The smallest absolute Gasteiger partial charge is 0.242 e. The maximum Gasteiger partial charge on any atom is 0.242 e. The van der Waals surface area contributed by atoms with E-state index < -0.39 is 5.41 Å². The van der Waals surface area contributed by atoms with E-state index in [1.54, 1.807) is 13.8 Å². The van der Waals surface area contributed by atoms with Gasteiger partial charge in [-0.05, 0) is 26.7 Å². The Hall–Kier alpha value is -1.08. The minimum atomic E-state index is -0.873. The molecule has 0 spiro atoms. The Morgan fingerprint density at radius 1 is 1.25 bits per heavy atom. The molecule has 4 heteroatoms. The largest absolute Gasteiger partial charge is 0.339 e. The first-order chi connectivity index (χ1) is 7.54. The molecule has 2 aliphatic rings. The average molecular weight is 221 g/mol. The normalized spacial score (nSPS) is 22.9. The number of nitriles is 1. The molecule has 2 rings (SSSR count). The molecule has 1 aliphatic carbocycles. The van der Waals surface area contributed by atoms with Gasteiger partial charge in [-0.3, -0.25) is 9.69 Å². The molecule has 0 atom stereocenters. The molecule has 0 unspecified atom stereocenters.